The lowest BCUT2D eigenvalue weighted by atomic mass is 10.3. The Hall–Kier alpha value is -0.120. The summed E-state index contributed by atoms with van der Waals surface area (Å²) < 4.78 is 0. The summed E-state index contributed by atoms with van der Waals surface area (Å²) in [6.07, 6.45) is 2.22. The zero-order valence-corrected chi connectivity index (χ0v) is 4.72. The quantitative estimate of drug-likeness (QED) is 0.385. The number of hydrogen-bond donors (Lipinski definition) is 2. The Kier molecular flexibility index (Phi) is 3.98. The minimum Gasteiger partial charge on any atom is -0.255 e. The molecule has 0 aromatic rings. The molecule has 0 aliphatic heterocycles. The Morgan fingerprint density at radius 2 is 2.00 bits per heavy atom. The highest BCUT2D eigenvalue weighted by atomic mass is 15.6. The first-order chi connectivity index (χ1) is 3.27. The average molecular weight is 103 g/mol. The van der Waals surface area contributed by atoms with Crippen molar-refractivity contribution in [2.45, 2.75) is 19.8 Å². The van der Waals surface area contributed by atoms with Crippen molar-refractivity contribution in [3.05, 3.63) is 0 Å². The molecule has 0 fully saturated rings. The Morgan fingerprint density at radius 1 is 1.43 bits per heavy atom. The monoisotopic (exact) mass is 103 g/mol. The van der Waals surface area contributed by atoms with Crippen molar-refractivity contribution in [3.8, 4) is 0 Å². The summed E-state index contributed by atoms with van der Waals surface area (Å²) in [5.41, 5.74) is 0. The zero-order valence-electron chi connectivity index (χ0n) is 4.72. The molecule has 0 aliphatic rings. The summed E-state index contributed by atoms with van der Waals surface area (Å²) in [5.74, 6) is 10.2. The minimum atomic E-state index is 0.788. The van der Waals surface area contributed by atoms with Crippen molar-refractivity contribution in [1.29, 1.82) is 0 Å². The summed E-state index contributed by atoms with van der Waals surface area (Å²) in [6, 6.07) is 0. The lowest BCUT2D eigenvalue weighted by Crippen LogP contribution is -2.38. The molecule has 0 unspecified atom stereocenters. The van der Waals surface area contributed by atoms with Crippen LogP contribution in [0.3, 0.4) is 0 Å². The normalized spacial score (nSPS) is 10.3. The van der Waals surface area contributed by atoms with Crippen LogP contribution >= 0.6 is 0 Å². The van der Waals surface area contributed by atoms with Crippen LogP contribution in [0.4, 0.5) is 0 Å². The van der Waals surface area contributed by atoms with Crippen molar-refractivity contribution in [3.63, 3.8) is 0 Å². The fraction of sp³-hybridized carbons (Fsp3) is 1.00. The third-order valence-electron chi connectivity index (χ3n) is 0.770. The highest BCUT2D eigenvalue weighted by Gasteiger charge is 1.84. The zero-order chi connectivity index (χ0) is 5.70. The van der Waals surface area contributed by atoms with Gasteiger partial charge in [0.1, 0.15) is 0 Å². The van der Waals surface area contributed by atoms with Crippen LogP contribution in [0.5, 0.6) is 0 Å². The average Bonchev–Trinajstić information content (AvgIpc) is 1.61. The van der Waals surface area contributed by atoms with E-state index in [4.69, 9.17) is 11.7 Å². The van der Waals surface area contributed by atoms with E-state index in [-0.39, 0.29) is 0 Å². The van der Waals surface area contributed by atoms with E-state index >= 15 is 0 Å². The van der Waals surface area contributed by atoms with E-state index in [9.17, 15) is 0 Å². The van der Waals surface area contributed by atoms with Crippen LogP contribution in [-0.4, -0.2) is 11.7 Å². The highest BCUT2D eigenvalue weighted by Crippen LogP contribution is 1.82. The van der Waals surface area contributed by atoms with Gasteiger partial charge < -0.3 is 0 Å². The van der Waals surface area contributed by atoms with Gasteiger partial charge in [0.2, 0.25) is 0 Å². The number of unbranched alkanes of at least 4 members (excludes halogenated alkanes) is 1. The second-order valence-electron chi connectivity index (χ2n) is 1.59. The predicted molar refractivity (Wildman–Crippen MR) is 30.0 cm³/mol. The van der Waals surface area contributed by atoms with Gasteiger partial charge in [-0.05, 0) is 6.42 Å². The van der Waals surface area contributed by atoms with Crippen LogP contribution in [0, 0.1) is 0 Å². The van der Waals surface area contributed by atoms with Crippen molar-refractivity contribution >= 4 is 0 Å². The number of hydrazine groups is 2. The summed E-state index contributed by atoms with van der Waals surface area (Å²) in [5, 5.41) is 1.21. The Morgan fingerprint density at radius 3 is 2.14 bits per heavy atom. The topological polar surface area (TPSA) is 55.3 Å². The molecule has 0 spiro atoms. The van der Waals surface area contributed by atoms with Gasteiger partial charge >= 0.3 is 0 Å². The molecule has 0 radical (unpaired) electrons. The first-order valence-corrected chi connectivity index (χ1v) is 2.54. The van der Waals surface area contributed by atoms with E-state index in [1.165, 1.54) is 5.12 Å². The second kappa shape index (κ2) is 4.05. The summed E-state index contributed by atoms with van der Waals surface area (Å²) in [6.45, 7) is 2.89. The van der Waals surface area contributed by atoms with E-state index in [0.717, 1.165) is 19.4 Å². The van der Waals surface area contributed by atoms with Gasteiger partial charge in [-0.3, -0.25) is 11.7 Å². The largest absolute Gasteiger partial charge is 0.255 e. The molecule has 3 nitrogen and oxygen atoms in total. The van der Waals surface area contributed by atoms with Gasteiger partial charge in [0, 0.05) is 6.54 Å². The fourth-order valence-corrected chi connectivity index (χ4v) is 0.341. The molecule has 0 aromatic carbocycles. The van der Waals surface area contributed by atoms with Crippen LogP contribution in [0.1, 0.15) is 19.8 Å². The third kappa shape index (κ3) is 5.88. The molecule has 0 saturated carbocycles. The number of hydrogen-bond acceptors (Lipinski definition) is 3. The molecule has 3 heteroatoms. The van der Waals surface area contributed by atoms with Gasteiger partial charge in [0.05, 0.1) is 0 Å². The van der Waals surface area contributed by atoms with Crippen LogP contribution < -0.4 is 11.7 Å². The first kappa shape index (κ1) is 6.88. The molecule has 0 amide bonds. The molecule has 7 heavy (non-hydrogen) atoms. The predicted octanol–water partition coefficient (Wildman–Crippen LogP) is -0.164. The Bertz CT molecular complexity index is 35.9. The van der Waals surface area contributed by atoms with Gasteiger partial charge in [-0.1, -0.05) is 13.3 Å². The highest BCUT2D eigenvalue weighted by molar-refractivity contribution is 4.34. The maximum absolute atomic E-state index is 5.09. The van der Waals surface area contributed by atoms with Gasteiger partial charge in [0.25, 0.3) is 0 Å². The number of rotatable bonds is 3. The molecular formula is C4H13N3. The second-order valence-corrected chi connectivity index (χ2v) is 1.59. The fourth-order valence-electron chi connectivity index (χ4n) is 0.341. The Balaban J connectivity index is 2.68. The summed E-state index contributed by atoms with van der Waals surface area (Å²) >= 11 is 0. The van der Waals surface area contributed by atoms with Gasteiger partial charge in [-0.25, -0.2) is 0 Å². The maximum atomic E-state index is 5.09. The molecule has 0 aliphatic carbocycles. The molecule has 4 N–H and O–H groups in total. The summed E-state index contributed by atoms with van der Waals surface area (Å²) in [4.78, 5) is 0. The molecule has 0 bridgehead atoms. The molecule has 0 heterocycles. The number of nitrogens with two attached hydrogens (primary N) is 2. The van der Waals surface area contributed by atoms with Gasteiger partial charge in [0.15, 0.2) is 0 Å². The van der Waals surface area contributed by atoms with E-state index in [0.29, 0.717) is 0 Å². The van der Waals surface area contributed by atoms with Crippen molar-refractivity contribution < 1.29 is 0 Å². The van der Waals surface area contributed by atoms with E-state index in [1.54, 1.807) is 0 Å². The Labute approximate surface area is 44.2 Å². The van der Waals surface area contributed by atoms with E-state index in [1.807, 2.05) is 0 Å². The van der Waals surface area contributed by atoms with Crippen molar-refractivity contribution in [1.82, 2.24) is 5.12 Å². The molecule has 0 aromatic heterocycles. The third-order valence-corrected chi connectivity index (χ3v) is 0.770. The number of nitrogens with zero attached hydrogens (tertiary/aromatic N) is 1. The lowest BCUT2D eigenvalue weighted by molar-refractivity contribution is 0.289. The van der Waals surface area contributed by atoms with Crippen LogP contribution in [-0.2, 0) is 0 Å². The maximum Gasteiger partial charge on any atom is 0.0283 e. The lowest BCUT2D eigenvalue weighted by Gasteiger charge is -2.05. The smallest absolute Gasteiger partial charge is 0.0283 e. The summed E-state index contributed by atoms with van der Waals surface area (Å²) in [7, 11) is 0. The van der Waals surface area contributed by atoms with Gasteiger partial charge in [-0.15, -0.1) is 0 Å². The standard InChI is InChI=1S/C4H13N3/c1-2-3-4-7(5)6/h2-6H2,1H3. The molecule has 0 saturated heterocycles. The molecule has 0 rings (SSSR count). The van der Waals surface area contributed by atoms with Crippen LogP contribution in [0.25, 0.3) is 0 Å². The molecule has 44 valence electrons. The van der Waals surface area contributed by atoms with Crippen LogP contribution in [0.2, 0.25) is 0 Å². The van der Waals surface area contributed by atoms with Crippen molar-refractivity contribution in [2.24, 2.45) is 11.7 Å². The first-order valence-electron chi connectivity index (χ1n) is 2.54. The molecule has 0 atom stereocenters. The van der Waals surface area contributed by atoms with E-state index in [2.05, 4.69) is 6.92 Å². The van der Waals surface area contributed by atoms with Gasteiger partial charge in [-0.2, -0.15) is 5.12 Å². The minimum absolute atomic E-state index is 0.788. The van der Waals surface area contributed by atoms with Crippen LogP contribution in [0.15, 0.2) is 0 Å². The SMILES string of the molecule is CCCCN(N)N. The van der Waals surface area contributed by atoms with Crippen molar-refractivity contribution in [2.75, 3.05) is 6.54 Å². The molecular weight excluding hydrogens is 90.1 g/mol. The van der Waals surface area contributed by atoms with E-state index < -0.39 is 0 Å².